The summed E-state index contributed by atoms with van der Waals surface area (Å²) in [5.74, 6) is 1.26. The number of thiazole rings is 2. The quantitative estimate of drug-likeness (QED) is 0.650. The van der Waals surface area contributed by atoms with Gasteiger partial charge >= 0.3 is 0 Å². The Bertz CT molecular complexity index is 642. The zero-order chi connectivity index (χ0) is 16.1. The predicted molar refractivity (Wildman–Crippen MR) is 94.8 cm³/mol. The molecule has 7 heteroatoms. The molecule has 0 aromatic carbocycles. The Kier molecular flexibility index (Phi) is 5.90. The van der Waals surface area contributed by atoms with E-state index in [1.54, 1.807) is 29.7 Å². The van der Waals surface area contributed by atoms with Crippen LogP contribution in [0.2, 0.25) is 0 Å². The molecule has 2 aromatic heterocycles. The van der Waals surface area contributed by atoms with Gasteiger partial charge < -0.3 is 10.6 Å². The Morgan fingerprint density at radius 2 is 1.95 bits per heavy atom. The maximum absolute atomic E-state index is 4.62. The lowest BCUT2D eigenvalue weighted by Gasteiger charge is -2.10. The van der Waals surface area contributed by atoms with Crippen molar-refractivity contribution in [3.05, 3.63) is 31.7 Å². The molecule has 5 nitrogen and oxygen atoms in total. The normalized spacial score (nSPS) is 12.0. The minimum atomic E-state index is 0.472. The number of aromatic nitrogens is 2. The average molecular weight is 338 g/mol. The van der Waals surface area contributed by atoms with Crippen LogP contribution in [-0.2, 0) is 13.1 Å². The van der Waals surface area contributed by atoms with E-state index in [9.17, 15) is 0 Å². The van der Waals surface area contributed by atoms with Crippen LogP contribution >= 0.6 is 22.7 Å². The van der Waals surface area contributed by atoms with Crippen molar-refractivity contribution in [1.82, 2.24) is 20.6 Å². The van der Waals surface area contributed by atoms with Crippen molar-refractivity contribution < 1.29 is 0 Å². The van der Waals surface area contributed by atoms with Gasteiger partial charge in [0.2, 0.25) is 0 Å². The molecule has 0 atom stereocenters. The van der Waals surface area contributed by atoms with Crippen LogP contribution in [0.25, 0.3) is 0 Å². The molecule has 0 saturated heterocycles. The number of aryl methyl sites for hydroxylation is 2. The van der Waals surface area contributed by atoms with Gasteiger partial charge in [-0.25, -0.2) is 9.97 Å². The largest absolute Gasteiger partial charge is 0.351 e. The zero-order valence-corrected chi connectivity index (χ0v) is 15.4. The topological polar surface area (TPSA) is 62.2 Å². The fourth-order valence-electron chi connectivity index (χ4n) is 1.95. The van der Waals surface area contributed by atoms with Gasteiger partial charge in [-0.3, -0.25) is 4.99 Å². The Balaban J connectivity index is 1.86. The van der Waals surface area contributed by atoms with Gasteiger partial charge in [-0.2, -0.15) is 0 Å². The minimum absolute atomic E-state index is 0.472. The average Bonchev–Trinajstić information content (AvgIpc) is 3.06. The lowest BCUT2D eigenvalue weighted by molar-refractivity contribution is 0.786. The monoisotopic (exact) mass is 337 g/mol. The number of nitrogens with one attached hydrogen (secondary N) is 2. The summed E-state index contributed by atoms with van der Waals surface area (Å²) in [4.78, 5) is 14.6. The first-order valence-corrected chi connectivity index (χ1v) is 9.01. The second-order valence-corrected chi connectivity index (χ2v) is 7.57. The number of nitrogens with zero attached hydrogens (tertiary/aromatic N) is 3. The molecular formula is C15H23N5S2. The molecule has 120 valence electrons. The SMILES string of the molecule is CN=C(NCc1nc(C(C)C)cs1)NCc1sc(C)nc1C. The molecule has 2 aromatic rings. The Hall–Kier alpha value is -1.47. The lowest BCUT2D eigenvalue weighted by Crippen LogP contribution is -2.36. The number of hydrogen-bond acceptors (Lipinski definition) is 5. The fraction of sp³-hybridized carbons (Fsp3) is 0.533. The highest BCUT2D eigenvalue weighted by Gasteiger charge is 2.08. The molecule has 0 bridgehead atoms. The number of hydrogen-bond donors (Lipinski definition) is 2. The molecule has 0 aliphatic rings. The summed E-state index contributed by atoms with van der Waals surface area (Å²) in [7, 11) is 1.78. The predicted octanol–water partition coefficient (Wildman–Crippen LogP) is 3.21. The van der Waals surface area contributed by atoms with Crippen molar-refractivity contribution in [3.8, 4) is 0 Å². The van der Waals surface area contributed by atoms with E-state index in [-0.39, 0.29) is 0 Å². The van der Waals surface area contributed by atoms with Crippen molar-refractivity contribution in [3.63, 3.8) is 0 Å². The second kappa shape index (κ2) is 7.69. The Labute approximate surface area is 139 Å². The van der Waals surface area contributed by atoms with Crippen LogP contribution in [-0.4, -0.2) is 23.0 Å². The van der Waals surface area contributed by atoms with Crippen LogP contribution in [0.3, 0.4) is 0 Å². The lowest BCUT2D eigenvalue weighted by atomic mass is 10.2. The van der Waals surface area contributed by atoms with Crippen molar-refractivity contribution in [2.45, 2.75) is 46.7 Å². The summed E-state index contributed by atoms with van der Waals surface area (Å²) in [6, 6.07) is 0. The third-order valence-corrected chi connectivity index (χ3v) is 5.15. The van der Waals surface area contributed by atoms with Crippen LogP contribution in [0.15, 0.2) is 10.4 Å². The Morgan fingerprint density at radius 3 is 2.50 bits per heavy atom. The molecule has 2 N–H and O–H groups in total. The Morgan fingerprint density at radius 1 is 1.23 bits per heavy atom. The molecule has 0 spiro atoms. The van der Waals surface area contributed by atoms with Crippen molar-refractivity contribution >= 4 is 28.6 Å². The molecule has 0 radical (unpaired) electrons. The summed E-state index contributed by atoms with van der Waals surface area (Å²) >= 11 is 3.41. The number of rotatable bonds is 5. The maximum Gasteiger partial charge on any atom is 0.191 e. The van der Waals surface area contributed by atoms with E-state index in [1.807, 2.05) is 13.8 Å². The van der Waals surface area contributed by atoms with Gasteiger partial charge in [0.1, 0.15) is 5.01 Å². The molecule has 0 amide bonds. The van der Waals surface area contributed by atoms with Crippen LogP contribution in [0.4, 0.5) is 0 Å². The highest BCUT2D eigenvalue weighted by Crippen LogP contribution is 2.18. The molecule has 0 aliphatic heterocycles. The minimum Gasteiger partial charge on any atom is -0.351 e. The van der Waals surface area contributed by atoms with E-state index in [0.29, 0.717) is 12.5 Å². The van der Waals surface area contributed by atoms with Crippen molar-refractivity contribution in [2.24, 2.45) is 4.99 Å². The maximum atomic E-state index is 4.62. The fourth-order valence-corrected chi connectivity index (χ4v) is 3.73. The van der Waals surface area contributed by atoms with Gasteiger partial charge in [-0.15, -0.1) is 22.7 Å². The molecule has 22 heavy (non-hydrogen) atoms. The summed E-state index contributed by atoms with van der Waals surface area (Å²) in [5, 5.41) is 10.9. The summed E-state index contributed by atoms with van der Waals surface area (Å²) in [6.45, 7) is 9.82. The van der Waals surface area contributed by atoms with Crippen LogP contribution in [0.5, 0.6) is 0 Å². The number of aliphatic imine (C=N–C) groups is 1. The van der Waals surface area contributed by atoms with E-state index in [0.717, 1.165) is 33.9 Å². The number of guanidine groups is 1. The third-order valence-electron chi connectivity index (χ3n) is 3.21. The van der Waals surface area contributed by atoms with Crippen LogP contribution in [0.1, 0.15) is 46.0 Å². The highest BCUT2D eigenvalue weighted by molar-refractivity contribution is 7.11. The third kappa shape index (κ3) is 4.51. The molecule has 2 rings (SSSR count). The van der Waals surface area contributed by atoms with Gasteiger partial charge in [0, 0.05) is 17.3 Å². The van der Waals surface area contributed by atoms with E-state index >= 15 is 0 Å². The van der Waals surface area contributed by atoms with Crippen molar-refractivity contribution in [1.29, 1.82) is 0 Å². The summed E-state index contributed by atoms with van der Waals surface area (Å²) in [5.41, 5.74) is 2.24. The molecule has 0 fully saturated rings. The molecule has 0 saturated carbocycles. The summed E-state index contributed by atoms with van der Waals surface area (Å²) < 4.78 is 0. The van der Waals surface area contributed by atoms with E-state index < -0.39 is 0 Å². The van der Waals surface area contributed by atoms with E-state index in [2.05, 4.69) is 44.8 Å². The molecule has 2 heterocycles. The first kappa shape index (κ1) is 16.9. The van der Waals surface area contributed by atoms with E-state index in [1.165, 1.54) is 4.88 Å². The van der Waals surface area contributed by atoms with Crippen LogP contribution < -0.4 is 10.6 Å². The smallest absolute Gasteiger partial charge is 0.191 e. The van der Waals surface area contributed by atoms with Crippen molar-refractivity contribution in [2.75, 3.05) is 7.05 Å². The second-order valence-electron chi connectivity index (χ2n) is 5.34. The highest BCUT2D eigenvalue weighted by atomic mass is 32.1. The van der Waals surface area contributed by atoms with Crippen LogP contribution in [0, 0.1) is 13.8 Å². The zero-order valence-electron chi connectivity index (χ0n) is 13.7. The van der Waals surface area contributed by atoms with Gasteiger partial charge in [0.25, 0.3) is 0 Å². The standard InChI is InChI=1S/C15H23N5S2/c1-9(2)12-8-21-14(20-12)7-18-15(16-5)17-6-13-10(3)19-11(4)22-13/h8-9H,6-7H2,1-5H3,(H2,16,17,18). The molecule has 0 aliphatic carbocycles. The van der Waals surface area contributed by atoms with E-state index in [4.69, 9.17) is 0 Å². The first-order valence-electron chi connectivity index (χ1n) is 7.31. The van der Waals surface area contributed by atoms with Gasteiger partial charge in [0.05, 0.1) is 29.5 Å². The molecule has 0 unspecified atom stereocenters. The summed E-state index contributed by atoms with van der Waals surface area (Å²) in [6.07, 6.45) is 0. The molecular weight excluding hydrogens is 314 g/mol. The van der Waals surface area contributed by atoms with Gasteiger partial charge in [-0.1, -0.05) is 13.8 Å². The van der Waals surface area contributed by atoms with Gasteiger partial charge in [-0.05, 0) is 19.8 Å². The first-order chi connectivity index (χ1) is 10.5. The van der Waals surface area contributed by atoms with Gasteiger partial charge in [0.15, 0.2) is 5.96 Å².